The first kappa shape index (κ1) is 35.5. The summed E-state index contributed by atoms with van der Waals surface area (Å²) in [5, 5.41) is 4.45. The van der Waals surface area contributed by atoms with E-state index in [1.807, 2.05) is 42.5 Å². The van der Waals surface area contributed by atoms with Gasteiger partial charge >= 0.3 is 0 Å². The number of aromatic nitrogens is 3. The molecular weight excluding hydrogens is 819 g/mol. The molecule has 0 amide bonds. The molecule has 0 atom stereocenters. The molecule has 0 aliphatic carbocycles. The third kappa shape index (κ3) is 6.37. The largest absolute Gasteiger partial charge is 0.457 e. The lowest BCUT2D eigenvalue weighted by Gasteiger charge is -2.22. The van der Waals surface area contributed by atoms with Gasteiger partial charge in [0.15, 0.2) is 0 Å². The van der Waals surface area contributed by atoms with E-state index in [0.717, 1.165) is 88.9 Å². The van der Waals surface area contributed by atoms with Crippen molar-refractivity contribution in [3.63, 3.8) is 0 Å². The topological polar surface area (TPSA) is 38.5 Å². The van der Waals surface area contributed by atoms with Crippen molar-refractivity contribution in [3.8, 4) is 45.3 Å². The highest BCUT2D eigenvalue weighted by atomic mass is 16.5. The standard InChI is InChI=1S/C61H43N5O/c1-41-36-52(42-18-15-22-45(37-42)67-46-23-16-21-44(38-46)64-40-63(43-19-3-2-4-20-43)57-32-13-14-33-58(57)64)62-39-51(41)61-59(65-53-28-9-5-24-47(53)48-25-6-10-29-54(48)65)34-17-35-60(61)66-55-30-11-7-26-49(55)50-27-8-12-31-56(50)66/h2-39H,40H2,1H3/i1D3. The van der Waals surface area contributed by atoms with Crippen LogP contribution in [0.1, 0.15) is 9.68 Å². The Morgan fingerprint density at radius 3 is 1.48 bits per heavy atom. The van der Waals surface area contributed by atoms with Crippen LogP contribution in [0.5, 0.6) is 11.5 Å². The average molecular weight is 865 g/mol. The van der Waals surface area contributed by atoms with Crippen molar-refractivity contribution in [1.82, 2.24) is 14.1 Å². The van der Waals surface area contributed by atoms with Gasteiger partial charge in [0, 0.05) is 66.0 Å². The molecule has 6 heteroatoms. The highest BCUT2D eigenvalue weighted by Crippen LogP contribution is 2.46. The number of anilines is 4. The molecule has 318 valence electrons. The molecule has 9 aromatic carbocycles. The molecule has 1 aliphatic rings. The third-order valence-electron chi connectivity index (χ3n) is 13.1. The summed E-state index contributed by atoms with van der Waals surface area (Å²) in [6.07, 6.45) is 1.75. The average Bonchev–Trinajstić information content (AvgIpc) is 4.07. The fourth-order valence-corrected chi connectivity index (χ4v) is 10.2. The molecule has 0 unspecified atom stereocenters. The van der Waals surface area contributed by atoms with E-state index in [-0.39, 0.29) is 5.56 Å². The number of para-hydroxylation sites is 7. The van der Waals surface area contributed by atoms with E-state index < -0.39 is 6.85 Å². The SMILES string of the molecule is [2H]C([2H])([2H])c1cc(-c2cccc(Oc3cccc(N4CN(c5ccccc5)c5ccccc54)c3)c2)ncc1-c1c(-n2c3ccccc3c3ccccc32)cccc1-n1c2ccccc2c2ccccc21. The lowest BCUT2D eigenvalue weighted by atomic mass is 9.96. The molecule has 4 heterocycles. The Labute approximate surface area is 392 Å². The Balaban J connectivity index is 0.935. The number of hydrogen-bond donors (Lipinski definition) is 0. The Hall–Kier alpha value is -8.87. The number of rotatable bonds is 8. The number of aryl methyl sites for hydroxylation is 1. The van der Waals surface area contributed by atoms with Gasteiger partial charge in [-0.3, -0.25) is 4.98 Å². The van der Waals surface area contributed by atoms with Gasteiger partial charge in [-0.15, -0.1) is 0 Å². The van der Waals surface area contributed by atoms with E-state index in [2.05, 4.69) is 195 Å². The molecule has 6 nitrogen and oxygen atoms in total. The van der Waals surface area contributed by atoms with E-state index in [0.29, 0.717) is 29.4 Å². The van der Waals surface area contributed by atoms with Crippen LogP contribution < -0.4 is 14.5 Å². The Kier molecular flexibility index (Phi) is 8.30. The molecule has 67 heavy (non-hydrogen) atoms. The summed E-state index contributed by atoms with van der Waals surface area (Å²) < 4.78 is 38.7. The van der Waals surface area contributed by atoms with Gasteiger partial charge in [0.1, 0.15) is 18.2 Å². The normalized spacial score (nSPS) is 13.3. The van der Waals surface area contributed by atoms with Crippen molar-refractivity contribution in [2.24, 2.45) is 0 Å². The van der Waals surface area contributed by atoms with E-state index in [1.54, 1.807) is 12.3 Å². The van der Waals surface area contributed by atoms with E-state index >= 15 is 0 Å². The lowest BCUT2D eigenvalue weighted by Crippen LogP contribution is -2.23. The number of fused-ring (bicyclic) bond motifs is 7. The summed E-state index contributed by atoms with van der Waals surface area (Å²) in [5.41, 5.74) is 12.9. The first-order chi connectivity index (χ1) is 34.4. The minimum atomic E-state index is -2.52. The van der Waals surface area contributed by atoms with Crippen LogP contribution in [-0.2, 0) is 0 Å². The maximum atomic E-state index is 9.19. The predicted molar refractivity (Wildman–Crippen MR) is 277 cm³/mol. The number of nitrogens with zero attached hydrogens (tertiary/aromatic N) is 5. The fraction of sp³-hybridized carbons (Fsp3) is 0.0328. The number of hydrogen-bond acceptors (Lipinski definition) is 4. The van der Waals surface area contributed by atoms with E-state index in [9.17, 15) is 4.11 Å². The lowest BCUT2D eigenvalue weighted by molar-refractivity contribution is 0.483. The maximum absolute atomic E-state index is 9.19. The number of pyridine rings is 1. The maximum Gasteiger partial charge on any atom is 0.129 e. The molecular formula is C61H43N5O. The minimum absolute atomic E-state index is 0.196. The first-order valence-corrected chi connectivity index (χ1v) is 22.6. The van der Waals surface area contributed by atoms with Gasteiger partial charge in [0.05, 0.1) is 50.5 Å². The van der Waals surface area contributed by atoms with Crippen LogP contribution in [0.2, 0.25) is 0 Å². The monoisotopic (exact) mass is 864 g/mol. The molecule has 0 saturated carbocycles. The molecule has 0 spiro atoms. The Morgan fingerprint density at radius 1 is 0.433 bits per heavy atom. The van der Waals surface area contributed by atoms with Crippen molar-refractivity contribution < 1.29 is 8.85 Å². The van der Waals surface area contributed by atoms with Crippen molar-refractivity contribution in [2.75, 3.05) is 16.5 Å². The molecule has 3 aromatic heterocycles. The summed E-state index contributed by atoms with van der Waals surface area (Å²) in [6.45, 7) is -1.86. The quantitative estimate of drug-likeness (QED) is 0.153. The van der Waals surface area contributed by atoms with Crippen LogP contribution in [0.25, 0.3) is 77.4 Å². The van der Waals surface area contributed by atoms with Crippen molar-refractivity contribution >= 4 is 66.4 Å². The van der Waals surface area contributed by atoms with Gasteiger partial charge in [0.2, 0.25) is 0 Å². The van der Waals surface area contributed by atoms with E-state index in [4.69, 9.17) is 9.72 Å². The van der Waals surface area contributed by atoms with Crippen molar-refractivity contribution in [3.05, 3.63) is 236 Å². The number of ether oxygens (including phenoxy) is 1. The molecule has 0 bridgehead atoms. The van der Waals surface area contributed by atoms with Crippen LogP contribution in [0.4, 0.5) is 22.7 Å². The molecule has 12 aromatic rings. The zero-order chi connectivity index (χ0) is 46.9. The van der Waals surface area contributed by atoms with Crippen LogP contribution in [0, 0.1) is 6.85 Å². The molecule has 1 aliphatic heterocycles. The van der Waals surface area contributed by atoms with Crippen LogP contribution in [0.15, 0.2) is 231 Å². The van der Waals surface area contributed by atoms with Crippen LogP contribution in [0.3, 0.4) is 0 Å². The van der Waals surface area contributed by atoms with Gasteiger partial charge in [-0.05, 0) is 103 Å². The zero-order valence-corrected chi connectivity index (χ0v) is 36.3. The summed E-state index contributed by atoms with van der Waals surface area (Å²) in [7, 11) is 0. The van der Waals surface area contributed by atoms with Gasteiger partial charge in [-0.25, -0.2) is 0 Å². The van der Waals surface area contributed by atoms with Crippen LogP contribution >= 0.6 is 0 Å². The predicted octanol–water partition coefficient (Wildman–Crippen LogP) is 16.0. The summed E-state index contributed by atoms with van der Waals surface area (Å²) in [6, 6.07) is 76.3. The van der Waals surface area contributed by atoms with Gasteiger partial charge < -0.3 is 23.7 Å². The van der Waals surface area contributed by atoms with E-state index in [1.165, 1.54) is 0 Å². The van der Waals surface area contributed by atoms with Gasteiger partial charge in [0.25, 0.3) is 0 Å². The molecule has 13 rings (SSSR count). The Morgan fingerprint density at radius 2 is 0.896 bits per heavy atom. The second-order valence-corrected chi connectivity index (χ2v) is 17.0. The molecule has 0 N–H and O–H groups in total. The second kappa shape index (κ2) is 15.7. The van der Waals surface area contributed by atoms with Gasteiger partial charge in [-0.2, -0.15) is 0 Å². The van der Waals surface area contributed by atoms with Crippen LogP contribution in [-0.4, -0.2) is 20.8 Å². The van der Waals surface area contributed by atoms with Crippen molar-refractivity contribution in [1.29, 1.82) is 0 Å². The Bertz CT molecular complexity index is 3750. The first-order valence-electron chi connectivity index (χ1n) is 24.1. The van der Waals surface area contributed by atoms with Crippen molar-refractivity contribution in [2.45, 2.75) is 6.85 Å². The summed E-state index contributed by atoms with van der Waals surface area (Å²) in [4.78, 5) is 9.73. The highest BCUT2D eigenvalue weighted by molar-refractivity contribution is 6.12. The fourth-order valence-electron chi connectivity index (χ4n) is 10.2. The molecule has 0 saturated heterocycles. The molecule has 0 radical (unpaired) electrons. The zero-order valence-electron chi connectivity index (χ0n) is 39.3. The molecule has 0 fully saturated rings. The third-order valence-corrected chi connectivity index (χ3v) is 13.1. The highest BCUT2D eigenvalue weighted by Gasteiger charge is 2.28. The summed E-state index contributed by atoms with van der Waals surface area (Å²) >= 11 is 0. The van der Waals surface area contributed by atoms with Gasteiger partial charge in [-0.1, -0.05) is 127 Å². The minimum Gasteiger partial charge on any atom is -0.457 e. The number of benzene rings is 9. The smallest absolute Gasteiger partial charge is 0.129 e. The second-order valence-electron chi connectivity index (χ2n) is 17.0. The summed E-state index contributed by atoms with van der Waals surface area (Å²) in [5.74, 6) is 1.28.